The van der Waals surface area contributed by atoms with Crippen molar-refractivity contribution in [3.8, 4) is 0 Å². The topological polar surface area (TPSA) is 63.2 Å². The molecule has 1 N–H and O–H groups in total. The fourth-order valence-electron chi connectivity index (χ4n) is 1.46. The van der Waals surface area contributed by atoms with Crippen LogP contribution in [0.1, 0.15) is 25.3 Å². The molecule has 84 valence electrons. The lowest BCUT2D eigenvalue weighted by molar-refractivity contribution is -0.133. The quantitative estimate of drug-likeness (QED) is 0.772. The molecule has 0 aliphatic carbocycles. The zero-order valence-electron chi connectivity index (χ0n) is 9.19. The fraction of sp³-hybridized carbons (Fsp3) is 0.250. The van der Waals surface area contributed by atoms with Crippen LogP contribution < -0.4 is 5.32 Å². The van der Waals surface area contributed by atoms with E-state index in [1.165, 1.54) is 13.8 Å². The second-order valence-corrected chi connectivity index (χ2v) is 3.50. The van der Waals surface area contributed by atoms with E-state index in [1.54, 1.807) is 30.3 Å². The van der Waals surface area contributed by atoms with Crippen molar-refractivity contribution < 1.29 is 14.4 Å². The number of ketones is 1. The van der Waals surface area contributed by atoms with Crippen molar-refractivity contribution in [1.29, 1.82) is 0 Å². The Bertz CT molecular complexity index is 412. The fourth-order valence-corrected chi connectivity index (χ4v) is 1.46. The average molecular weight is 219 g/mol. The van der Waals surface area contributed by atoms with E-state index in [4.69, 9.17) is 0 Å². The Morgan fingerprint density at radius 2 is 1.62 bits per heavy atom. The number of amides is 2. The molecular formula is C12H13NO3. The van der Waals surface area contributed by atoms with Crippen LogP contribution in [0.25, 0.3) is 0 Å². The number of hydrogen-bond acceptors (Lipinski definition) is 3. The van der Waals surface area contributed by atoms with Crippen LogP contribution in [0.15, 0.2) is 30.3 Å². The SMILES string of the molecule is CC(=O)NC(=O)[C@@H](C(C)=O)c1ccccc1. The van der Waals surface area contributed by atoms with Crippen LogP contribution in [0.2, 0.25) is 0 Å². The second-order valence-electron chi connectivity index (χ2n) is 3.50. The molecule has 0 unspecified atom stereocenters. The molecule has 16 heavy (non-hydrogen) atoms. The van der Waals surface area contributed by atoms with E-state index in [9.17, 15) is 14.4 Å². The Morgan fingerprint density at radius 3 is 2.06 bits per heavy atom. The molecule has 0 saturated carbocycles. The van der Waals surface area contributed by atoms with Crippen molar-refractivity contribution >= 4 is 17.6 Å². The van der Waals surface area contributed by atoms with Gasteiger partial charge in [0, 0.05) is 6.92 Å². The Balaban J connectivity index is 2.97. The van der Waals surface area contributed by atoms with Crippen LogP contribution in [0.3, 0.4) is 0 Å². The highest BCUT2D eigenvalue weighted by Crippen LogP contribution is 2.16. The lowest BCUT2D eigenvalue weighted by Gasteiger charge is -2.12. The summed E-state index contributed by atoms with van der Waals surface area (Å²) in [4.78, 5) is 33.8. The Labute approximate surface area is 93.7 Å². The molecule has 0 heterocycles. The van der Waals surface area contributed by atoms with E-state index in [0.29, 0.717) is 5.56 Å². The van der Waals surface area contributed by atoms with Crippen molar-refractivity contribution in [2.75, 3.05) is 0 Å². The summed E-state index contributed by atoms with van der Waals surface area (Å²) in [6, 6.07) is 8.65. The second kappa shape index (κ2) is 5.21. The minimum Gasteiger partial charge on any atom is -0.299 e. The zero-order chi connectivity index (χ0) is 12.1. The van der Waals surface area contributed by atoms with E-state index in [-0.39, 0.29) is 5.78 Å². The summed E-state index contributed by atoms with van der Waals surface area (Å²) in [5, 5.41) is 2.12. The smallest absolute Gasteiger partial charge is 0.241 e. The molecule has 1 aromatic rings. The van der Waals surface area contributed by atoms with Gasteiger partial charge in [0.1, 0.15) is 11.7 Å². The van der Waals surface area contributed by atoms with Gasteiger partial charge in [0.25, 0.3) is 0 Å². The minimum absolute atomic E-state index is 0.287. The van der Waals surface area contributed by atoms with Gasteiger partial charge in [0.15, 0.2) is 0 Å². The number of Topliss-reactive ketones (excluding diaryl/α,β-unsaturated/α-hetero) is 1. The van der Waals surface area contributed by atoms with E-state index >= 15 is 0 Å². The van der Waals surface area contributed by atoms with Gasteiger partial charge in [-0.15, -0.1) is 0 Å². The predicted octanol–water partition coefficient (Wildman–Crippen LogP) is 1.02. The molecule has 0 aliphatic rings. The summed E-state index contributed by atoms with van der Waals surface area (Å²) in [6.45, 7) is 2.57. The van der Waals surface area contributed by atoms with Crippen molar-refractivity contribution in [3.63, 3.8) is 0 Å². The first kappa shape index (κ1) is 12.1. The van der Waals surface area contributed by atoms with Gasteiger partial charge in [-0.25, -0.2) is 0 Å². The van der Waals surface area contributed by atoms with Gasteiger partial charge in [-0.2, -0.15) is 0 Å². The van der Waals surface area contributed by atoms with Gasteiger partial charge in [-0.05, 0) is 12.5 Å². The monoisotopic (exact) mass is 219 g/mol. The number of benzene rings is 1. The highest BCUT2D eigenvalue weighted by atomic mass is 16.2. The maximum absolute atomic E-state index is 11.6. The maximum atomic E-state index is 11.6. The van der Waals surface area contributed by atoms with Gasteiger partial charge in [-0.1, -0.05) is 30.3 Å². The number of nitrogens with one attached hydrogen (secondary N) is 1. The Hall–Kier alpha value is -1.97. The standard InChI is InChI=1S/C12H13NO3/c1-8(14)11(12(16)13-9(2)15)10-6-4-3-5-7-10/h3-7,11H,1-2H3,(H,13,15,16)/t11-/m0/s1. The number of carbonyl (C=O) groups is 3. The van der Waals surface area contributed by atoms with Gasteiger partial charge in [0.05, 0.1) is 0 Å². The zero-order valence-corrected chi connectivity index (χ0v) is 9.19. The molecule has 0 aliphatic heterocycles. The normalized spacial score (nSPS) is 11.6. The van der Waals surface area contributed by atoms with Crippen molar-refractivity contribution in [2.45, 2.75) is 19.8 Å². The third kappa shape index (κ3) is 3.02. The van der Waals surface area contributed by atoms with Gasteiger partial charge >= 0.3 is 0 Å². The van der Waals surface area contributed by atoms with E-state index in [2.05, 4.69) is 5.32 Å². The van der Waals surface area contributed by atoms with Crippen molar-refractivity contribution in [2.24, 2.45) is 0 Å². The molecule has 0 saturated heterocycles. The van der Waals surface area contributed by atoms with Crippen molar-refractivity contribution in [1.82, 2.24) is 5.32 Å². The minimum atomic E-state index is -0.912. The number of hydrogen-bond donors (Lipinski definition) is 1. The first-order chi connectivity index (χ1) is 7.52. The Kier molecular flexibility index (Phi) is 3.94. The van der Waals surface area contributed by atoms with Crippen LogP contribution in [0, 0.1) is 0 Å². The predicted molar refractivity (Wildman–Crippen MR) is 58.7 cm³/mol. The highest BCUT2D eigenvalue weighted by molar-refractivity contribution is 6.10. The van der Waals surface area contributed by atoms with Crippen LogP contribution >= 0.6 is 0 Å². The molecule has 0 aromatic heterocycles. The summed E-state index contributed by atoms with van der Waals surface area (Å²) in [5.41, 5.74) is 0.591. The van der Waals surface area contributed by atoms with Crippen LogP contribution in [0.5, 0.6) is 0 Å². The summed E-state index contributed by atoms with van der Waals surface area (Å²) in [7, 11) is 0. The summed E-state index contributed by atoms with van der Waals surface area (Å²) in [5.74, 6) is -2.24. The number of carbonyl (C=O) groups excluding carboxylic acids is 3. The maximum Gasteiger partial charge on any atom is 0.241 e. The molecule has 1 aromatic carbocycles. The van der Waals surface area contributed by atoms with Crippen LogP contribution in [0.4, 0.5) is 0 Å². The van der Waals surface area contributed by atoms with E-state index < -0.39 is 17.7 Å². The lowest BCUT2D eigenvalue weighted by Crippen LogP contribution is -2.35. The largest absolute Gasteiger partial charge is 0.299 e. The highest BCUT2D eigenvalue weighted by Gasteiger charge is 2.25. The van der Waals surface area contributed by atoms with Crippen LogP contribution in [-0.2, 0) is 14.4 Å². The van der Waals surface area contributed by atoms with E-state index in [0.717, 1.165) is 0 Å². The third-order valence-corrected chi connectivity index (χ3v) is 2.10. The van der Waals surface area contributed by atoms with Crippen molar-refractivity contribution in [3.05, 3.63) is 35.9 Å². The summed E-state index contributed by atoms with van der Waals surface area (Å²) >= 11 is 0. The molecule has 4 nitrogen and oxygen atoms in total. The van der Waals surface area contributed by atoms with E-state index in [1.807, 2.05) is 0 Å². The first-order valence-electron chi connectivity index (χ1n) is 4.89. The molecule has 1 rings (SSSR count). The van der Waals surface area contributed by atoms with Crippen LogP contribution in [-0.4, -0.2) is 17.6 Å². The van der Waals surface area contributed by atoms with Gasteiger partial charge < -0.3 is 0 Å². The molecule has 4 heteroatoms. The lowest BCUT2D eigenvalue weighted by atomic mass is 9.94. The average Bonchev–Trinajstić information content (AvgIpc) is 2.17. The molecule has 0 radical (unpaired) electrons. The summed E-state index contributed by atoms with van der Waals surface area (Å²) in [6.07, 6.45) is 0. The Morgan fingerprint density at radius 1 is 1.06 bits per heavy atom. The number of imide groups is 1. The van der Waals surface area contributed by atoms with Gasteiger partial charge in [-0.3, -0.25) is 19.7 Å². The summed E-state index contributed by atoms with van der Waals surface area (Å²) < 4.78 is 0. The first-order valence-corrected chi connectivity index (χ1v) is 4.89. The molecule has 1 atom stereocenters. The molecule has 0 fully saturated rings. The molecule has 2 amide bonds. The molecule has 0 spiro atoms. The van der Waals surface area contributed by atoms with Gasteiger partial charge in [0.2, 0.25) is 11.8 Å². The molecular weight excluding hydrogens is 206 g/mol. The number of rotatable bonds is 3. The molecule has 0 bridgehead atoms. The third-order valence-electron chi connectivity index (χ3n) is 2.10.